The summed E-state index contributed by atoms with van der Waals surface area (Å²) in [6, 6.07) is 8.16. The van der Waals surface area contributed by atoms with Gasteiger partial charge in [-0.2, -0.15) is 17.0 Å². The molecule has 1 aromatic carbocycles. The number of thioether (sulfide) groups is 1. The number of hydrogen-bond donors (Lipinski definition) is 0. The van der Waals surface area contributed by atoms with Crippen LogP contribution in [0.5, 0.6) is 0 Å². The summed E-state index contributed by atoms with van der Waals surface area (Å²) in [4.78, 5) is 0.320. The van der Waals surface area contributed by atoms with Gasteiger partial charge in [-0.05, 0) is 37.1 Å². The highest BCUT2D eigenvalue weighted by Crippen LogP contribution is 2.28. The van der Waals surface area contributed by atoms with E-state index in [1.165, 1.54) is 44.2 Å². The first-order chi connectivity index (χ1) is 9.62. The van der Waals surface area contributed by atoms with E-state index < -0.39 is 9.84 Å². The molecule has 0 aliphatic heterocycles. The minimum Gasteiger partial charge on any atom is -0.224 e. The Hall–Kier alpha value is -0.990. The van der Waals surface area contributed by atoms with Gasteiger partial charge in [-0.3, -0.25) is 0 Å². The maximum Gasteiger partial charge on any atom is 0.179 e. The van der Waals surface area contributed by atoms with Crippen molar-refractivity contribution in [1.29, 1.82) is 5.26 Å². The molecular weight excluding hydrogens is 290 g/mol. The monoisotopic (exact) mass is 309 g/mol. The van der Waals surface area contributed by atoms with Gasteiger partial charge in [0.05, 0.1) is 22.3 Å². The minimum absolute atomic E-state index is 0.181. The van der Waals surface area contributed by atoms with Crippen LogP contribution in [-0.4, -0.2) is 25.2 Å². The number of hydrogen-bond acceptors (Lipinski definition) is 4. The van der Waals surface area contributed by atoms with Gasteiger partial charge in [0.1, 0.15) is 0 Å². The first-order valence-corrected chi connectivity index (χ1v) is 9.66. The minimum atomic E-state index is -3.22. The van der Waals surface area contributed by atoms with Crippen LogP contribution in [0.3, 0.4) is 0 Å². The lowest BCUT2D eigenvalue weighted by atomic mass is 10.0. The zero-order valence-electron chi connectivity index (χ0n) is 11.4. The van der Waals surface area contributed by atoms with Gasteiger partial charge in [0.2, 0.25) is 0 Å². The molecule has 0 bridgehead atoms. The molecule has 1 aliphatic rings. The Morgan fingerprint density at radius 1 is 1.15 bits per heavy atom. The molecule has 3 nitrogen and oxygen atoms in total. The zero-order chi connectivity index (χ0) is 14.4. The van der Waals surface area contributed by atoms with Crippen molar-refractivity contribution in [2.75, 3.05) is 11.5 Å². The first-order valence-electron chi connectivity index (χ1n) is 6.96. The Labute approximate surface area is 125 Å². The molecule has 0 aromatic heterocycles. The van der Waals surface area contributed by atoms with Crippen LogP contribution in [-0.2, 0) is 9.84 Å². The Morgan fingerprint density at radius 2 is 1.80 bits per heavy atom. The number of sulfone groups is 1. The Bertz CT molecular complexity index is 567. The second kappa shape index (κ2) is 7.14. The smallest absolute Gasteiger partial charge is 0.179 e. The van der Waals surface area contributed by atoms with Crippen LogP contribution >= 0.6 is 11.8 Å². The number of nitrogens with zero attached hydrogens (tertiary/aromatic N) is 1. The highest BCUT2D eigenvalue weighted by Gasteiger charge is 2.17. The molecular formula is C15H19NO2S2. The molecule has 0 spiro atoms. The summed E-state index contributed by atoms with van der Waals surface area (Å²) in [6.07, 6.45) is 6.32. The van der Waals surface area contributed by atoms with E-state index in [0.717, 1.165) is 0 Å². The van der Waals surface area contributed by atoms with Gasteiger partial charge >= 0.3 is 0 Å². The fourth-order valence-corrected chi connectivity index (χ4v) is 5.46. The van der Waals surface area contributed by atoms with Crippen LogP contribution in [0.25, 0.3) is 0 Å². The second-order valence-corrected chi connectivity index (χ2v) is 8.60. The maximum atomic E-state index is 12.2. The van der Waals surface area contributed by atoms with Crippen molar-refractivity contribution in [2.24, 2.45) is 0 Å². The van der Waals surface area contributed by atoms with E-state index in [-0.39, 0.29) is 5.75 Å². The topological polar surface area (TPSA) is 57.9 Å². The Morgan fingerprint density at radius 3 is 2.40 bits per heavy atom. The molecule has 0 saturated heterocycles. The van der Waals surface area contributed by atoms with Crippen molar-refractivity contribution in [3.8, 4) is 6.07 Å². The maximum absolute atomic E-state index is 12.2. The van der Waals surface area contributed by atoms with Gasteiger partial charge in [-0.1, -0.05) is 19.3 Å². The van der Waals surface area contributed by atoms with Gasteiger partial charge in [0, 0.05) is 11.0 Å². The molecule has 1 saturated carbocycles. The van der Waals surface area contributed by atoms with Gasteiger partial charge in [0.15, 0.2) is 9.84 Å². The van der Waals surface area contributed by atoms with E-state index in [1.54, 1.807) is 23.9 Å². The number of benzene rings is 1. The summed E-state index contributed by atoms with van der Waals surface area (Å²) in [5.41, 5.74) is 0.487. The Kier molecular flexibility index (Phi) is 5.50. The zero-order valence-corrected chi connectivity index (χ0v) is 13.0. The second-order valence-electron chi connectivity index (χ2n) is 5.09. The summed E-state index contributed by atoms with van der Waals surface area (Å²) in [5.74, 6) is 0.840. The van der Waals surface area contributed by atoms with Crippen molar-refractivity contribution in [3.05, 3.63) is 29.8 Å². The lowest BCUT2D eigenvalue weighted by molar-refractivity contribution is 0.516. The Balaban J connectivity index is 1.88. The van der Waals surface area contributed by atoms with E-state index in [1.807, 2.05) is 6.07 Å². The van der Waals surface area contributed by atoms with Crippen molar-refractivity contribution in [1.82, 2.24) is 0 Å². The van der Waals surface area contributed by atoms with E-state index in [4.69, 9.17) is 5.26 Å². The van der Waals surface area contributed by atoms with E-state index in [2.05, 4.69) is 0 Å². The molecule has 1 fully saturated rings. The molecule has 20 heavy (non-hydrogen) atoms. The third-order valence-electron chi connectivity index (χ3n) is 3.60. The highest BCUT2D eigenvalue weighted by molar-refractivity contribution is 8.01. The molecule has 0 heterocycles. The summed E-state index contributed by atoms with van der Waals surface area (Å²) in [7, 11) is -3.22. The number of nitriles is 1. The fraction of sp³-hybridized carbons (Fsp3) is 0.533. The summed E-state index contributed by atoms with van der Waals surface area (Å²) in [6.45, 7) is 0. The average Bonchev–Trinajstić information content (AvgIpc) is 2.48. The van der Waals surface area contributed by atoms with Crippen molar-refractivity contribution in [3.63, 3.8) is 0 Å². The first kappa shape index (κ1) is 15.4. The molecule has 0 amide bonds. The van der Waals surface area contributed by atoms with Gasteiger partial charge in [0.25, 0.3) is 0 Å². The van der Waals surface area contributed by atoms with Crippen molar-refractivity contribution >= 4 is 21.6 Å². The number of rotatable bonds is 5. The molecule has 0 atom stereocenters. The lowest BCUT2D eigenvalue weighted by Gasteiger charge is -2.20. The summed E-state index contributed by atoms with van der Waals surface area (Å²) < 4.78 is 24.4. The van der Waals surface area contributed by atoms with Gasteiger partial charge < -0.3 is 0 Å². The van der Waals surface area contributed by atoms with Crippen molar-refractivity contribution in [2.45, 2.75) is 42.2 Å². The largest absolute Gasteiger partial charge is 0.224 e. The van der Waals surface area contributed by atoms with Crippen molar-refractivity contribution < 1.29 is 8.42 Å². The van der Waals surface area contributed by atoms with Crippen LogP contribution in [0.15, 0.2) is 29.2 Å². The third kappa shape index (κ3) is 4.26. The van der Waals surface area contributed by atoms with Gasteiger partial charge in [-0.25, -0.2) is 8.42 Å². The predicted molar refractivity (Wildman–Crippen MR) is 82.5 cm³/mol. The molecule has 0 N–H and O–H groups in total. The SMILES string of the molecule is N#Cc1ccc(S(=O)(=O)CCSC2CCCCC2)cc1. The quantitative estimate of drug-likeness (QED) is 0.836. The van der Waals surface area contributed by atoms with Crippen LogP contribution < -0.4 is 0 Å². The third-order valence-corrected chi connectivity index (χ3v) is 6.97. The fourth-order valence-electron chi connectivity index (χ4n) is 2.41. The van der Waals surface area contributed by atoms with Crippen LogP contribution in [0.4, 0.5) is 0 Å². The summed E-state index contributed by atoms with van der Waals surface area (Å²) >= 11 is 1.80. The van der Waals surface area contributed by atoms with Crippen LogP contribution in [0.1, 0.15) is 37.7 Å². The molecule has 2 rings (SSSR count). The standard InChI is InChI=1S/C15H19NO2S2/c16-12-13-6-8-15(9-7-13)20(17,18)11-10-19-14-4-2-1-3-5-14/h6-9,14H,1-5,10-11H2. The molecule has 1 aromatic rings. The van der Waals surface area contributed by atoms with E-state index >= 15 is 0 Å². The molecule has 108 valence electrons. The average molecular weight is 309 g/mol. The van der Waals surface area contributed by atoms with Gasteiger partial charge in [-0.15, -0.1) is 0 Å². The van der Waals surface area contributed by atoms with Crippen LogP contribution in [0.2, 0.25) is 0 Å². The molecule has 0 radical (unpaired) electrons. The summed E-state index contributed by atoms with van der Waals surface area (Å²) in [5, 5.41) is 9.35. The van der Waals surface area contributed by atoms with Crippen LogP contribution in [0, 0.1) is 11.3 Å². The van der Waals surface area contributed by atoms with E-state index in [9.17, 15) is 8.42 Å². The molecule has 0 unspecified atom stereocenters. The lowest BCUT2D eigenvalue weighted by Crippen LogP contribution is -2.13. The predicted octanol–water partition coefficient (Wildman–Crippen LogP) is 3.40. The normalized spacial score (nSPS) is 16.8. The molecule has 5 heteroatoms. The molecule has 1 aliphatic carbocycles. The van der Waals surface area contributed by atoms with E-state index in [0.29, 0.717) is 21.5 Å². The highest BCUT2D eigenvalue weighted by atomic mass is 32.2.